The fourth-order valence-corrected chi connectivity index (χ4v) is 3.75. The molecule has 0 aliphatic carbocycles. The number of halogens is 1. The predicted molar refractivity (Wildman–Crippen MR) is 111 cm³/mol. The quantitative estimate of drug-likeness (QED) is 0.556. The Labute approximate surface area is 168 Å². The number of rotatable bonds is 6. The lowest BCUT2D eigenvalue weighted by Crippen LogP contribution is -2.14. The second-order valence-corrected chi connectivity index (χ2v) is 8.01. The zero-order valence-electron chi connectivity index (χ0n) is 14.5. The summed E-state index contributed by atoms with van der Waals surface area (Å²) in [4.78, 5) is 11.0. The van der Waals surface area contributed by atoms with E-state index in [1.165, 1.54) is 12.1 Å². The largest absolute Gasteiger partial charge is 0.478 e. The Bertz CT molecular complexity index is 1120. The number of benzene rings is 3. The number of nitrogens with one attached hydrogen (secondary N) is 1. The molecule has 0 atom stereocenters. The van der Waals surface area contributed by atoms with Crippen molar-refractivity contribution in [2.45, 2.75) is 4.90 Å². The summed E-state index contributed by atoms with van der Waals surface area (Å²) < 4.78 is 27.5. The zero-order valence-corrected chi connectivity index (χ0v) is 16.1. The number of anilines is 1. The number of carbonyl (C=O) groups is 1. The van der Waals surface area contributed by atoms with Gasteiger partial charge in [-0.2, -0.15) is 0 Å². The standard InChI is InChI=1S/C21H16ClNO4S/c22-20-13-12-18(14-19(20)21(24)25)28(26,27)23-17-10-8-16(9-11-17)7-6-15-4-2-1-3-5-15/h1-14,23H,(H,24,25). The minimum Gasteiger partial charge on any atom is -0.478 e. The van der Waals surface area contributed by atoms with Crippen LogP contribution in [0.3, 0.4) is 0 Å². The summed E-state index contributed by atoms with van der Waals surface area (Å²) in [5, 5.41) is 9.08. The van der Waals surface area contributed by atoms with Crippen LogP contribution < -0.4 is 4.72 Å². The van der Waals surface area contributed by atoms with Crippen molar-refractivity contribution in [3.05, 3.63) is 94.5 Å². The van der Waals surface area contributed by atoms with E-state index in [2.05, 4.69) is 4.72 Å². The maximum atomic E-state index is 12.5. The van der Waals surface area contributed by atoms with Crippen LogP contribution in [0.1, 0.15) is 21.5 Å². The third-order valence-corrected chi connectivity index (χ3v) is 5.62. The van der Waals surface area contributed by atoms with E-state index in [9.17, 15) is 13.2 Å². The molecule has 0 saturated heterocycles. The van der Waals surface area contributed by atoms with Gasteiger partial charge in [0, 0.05) is 5.69 Å². The van der Waals surface area contributed by atoms with Gasteiger partial charge in [-0.05, 0) is 41.5 Å². The first-order chi connectivity index (χ1) is 13.3. The molecule has 3 rings (SSSR count). The first-order valence-electron chi connectivity index (χ1n) is 8.24. The number of aromatic carboxylic acids is 1. The SMILES string of the molecule is O=C(O)c1cc(S(=O)(=O)Nc2ccc(C=Cc3ccccc3)cc2)ccc1Cl. The molecule has 142 valence electrons. The van der Waals surface area contributed by atoms with Crippen molar-refractivity contribution in [3.63, 3.8) is 0 Å². The molecule has 0 aliphatic rings. The third kappa shape index (κ3) is 4.79. The van der Waals surface area contributed by atoms with Gasteiger partial charge < -0.3 is 5.11 Å². The molecule has 0 bridgehead atoms. The second kappa shape index (κ2) is 8.29. The van der Waals surface area contributed by atoms with E-state index in [-0.39, 0.29) is 15.5 Å². The van der Waals surface area contributed by atoms with E-state index in [4.69, 9.17) is 16.7 Å². The van der Waals surface area contributed by atoms with Crippen molar-refractivity contribution in [2.75, 3.05) is 4.72 Å². The summed E-state index contributed by atoms with van der Waals surface area (Å²) in [6, 6.07) is 20.2. The van der Waals surface area contributed by atoms with Gasteiger partial charge in [-0.25, -0.2) is 13.2 Å². The van der Waals surface area contributed by atoms with Crippen LogP contribution in [0.25, 0.3) is 12.2 Å². The van der Waals surface area contributed by atoms with Crippen molar-refractivity contribution >= 4 is 45.4 Å². The maximum Gasteiger partial charge on any atom is 0.337 e. The van der Waals surface area contributed by atoms with E-state index in [0.29, 0.717) is 5.69 Å². The Hall–Kier alpha value is -3.09. The van der Waals surface area contributed by atoms with Crippen LogP contribution >= 0.6 is 11.6 Å². The molecule has 0 aliphatic heterocycles. The number of sulfonamides is 1. The van der Waals surface area contributed by atoms with Crippen molar-refractivity contribution in [2.24, 2.45) is 0 Å². The van der Waals surface area contributed by atoms with Crippen LogP contribution in [0.4, 0.5) is 5.69 Å². The molecule has 0 fully saturated rings. The lowest BCUT2D eigenvalue weighted by molar-refractivity contribution is 0.0697. The lowest BCUT2D eigenvalue weighted by Gasteiger charge is -2.09. The highest BCUT2D eigenvalue weighted by Gasteiger charge is 2.18. The molecule has 0 spiro atoms. The van der Waals surface area contributed by atoms with Crippen LogP contribution in [-0.4, -0.2) is 19.5 Å². The second-order valence-electron chi connectivity index (χ2n) is 5.92. The van der Waals surface area contributed by atoms with Crippen molar-refractivity contribution in [1.82, 2.24) is 0 Å². The van der Waals surface area contributed by atoms with Gasteiger partial charge in [-0.1, -0.05) is 66.2 Å². The summed E-state index contributed by atoms with van der Waals surface area (Å²) in [5.74, 6) is -1.29. The zero-order chi connectivity index (χ0) is 20.1. The van der Waals surface area contributed by atoms with Crippen molar-refractivity contribution in [3.8, 4) is 0 Å². The molecule has 2 N–H and O–H groups in total. The molecule has 0 amide bonds. The average molecular weight is 414 g/mol. The molecule has 28 heavy (non-hydrogen) atoms. The summed E-state index contributed by atoms with van der Waals surface area (Å²) >= 11 is 5.79. The van der Waals surface area contributed by atoms with E-state index in [0.717, 1.165) is 17.2 Å². The molecule has 0 radical (unpaired) electrons. The van der Waals surface area contributed by atoms with Crippen LogP contribution in [0.2, 0.25) is 5.02 Å². The van der Waals surface area contributed by atoms with Crippen LogP contribution in [0.15, 0.2) is 77.7 Å². The molecule has 0 unspecified atom stereocenters. The molecule has 5 nitrogen and oxygen atoms in total. The van der Waals surface area contributed by atoms with E-state index < -0.39 is 16.0 Å². The summed E-state index contributed by atoms with van der Waals surface area (Å²) in [7, 11) is -3.94. The first kappa shape index (κ1) is 19.7. The minimum absolute atomic E-state index is 0.0268. The number of hydrogen-bond acceptors (Lipinski definition) is 3. The van der Waals surface area contributed by atoms with Crippen LogP contribution in [0, 0.1) is 0 Å². The average Bonchev–Trinajstić information content (AvgIpc) is 2.68. The normalized spacial score (nSPS) is 11.5. The van der Waals surface area contributed by atoms with Crippen molar-refractivity contribution < 1.29 is 18.3 Å². The molecule has 3 aromatic carbocycles. The van der Waals surface area contributed by atoms with Crippen LogP contribution in [-0.2, 0) is 10.0 Å². The molecule has 0 saturated carbocycles. The van der Waals surface area contributed by atoms with E-state index in [1.54, 1.807) is 24.3 Å². The Morgan fingerprint density at radius 2 is 1.50 bits per heavy atom. The summed E-state index contributed by atoms with van der Waals surface area (Å²) in [6.45, 7) is 0. The Balaban J connectivity index is 1.77. The minimum atomic E-state index is -3.94. The number of carboxylic acid groups (broad SMARTS) is 1. The molecular formula is C21H16ClNO4S. The first-order valence-corrected chi connectivity index (χ1v) is 10.1. The number of hydrogen-bond donors (Lipinski definition) is 2. The van der Waals surface area contributed by atoms with E-state index in [1.807, 2.05) is 42.5 Å². The highest BCUT2D eigenvalue weighted by atomic mass is 35.5. The highest BCUT2D eigenvalue weighted by Crippen LogP contribution is 2.23. The third-order valence-electron chi connectivity index (χ3n) is 3.91. The molecule has 0 aromatic heterocycles. The van der Waals surface area contributed by atoms with Gasteiger partial charge in [0.15, 0.2) is 0 Å². The Kier molecular flexibility index (Phi) is 5.82. The van der Waals surface area contributed by atoms with Crippen molar-refractivity contribution in [1.29, 1.82) is 0 Å². The summed E-state index contributed by atoms with van der Waals surface area (Å²) in [5.41, 5.74) is 2.06. The monoisotopic (exact) mass is 413 g/mol. The topological polar surface area (TPSA) is 83.5 Å². The van der Waals surface area contributed by atoms with Gasteiger partial charge >= 0.3 is 5.97 Å². The van der Waals surface area contributed by atoms with Gasteiger partial charge in [0.2, 0.25) is 0 Å². The lowest BCUT2D eigenvalue weighted by atomic mass is 10.1. The van der Waals surface area contributed by atoms with Gasteiger partial charge in [0.05, 0.1) is 15.5 Å². The fraction of sp³-hybridized carbons (Fsp3) is 0. The van der Waals surface area contributed by atoms with Crippen LogP contribution in [0.5, 0.6) is 0 Å². The predicted octanol–water partition coefficient (Wildman–Crippen LogP) is 5.01. The van der Waals surface area contributed by atoms with Gasteiger partial charge in [-0.3, -0.25) is 4.72 Å². The smallest absolute Gasteiger partial charge is 0.337 e. The molecule has 7 heteroatoms. The Morgan fingerprint density at radius 1 is 0.893 bits per heavy atom. The molecular weight excluding hydrogens is 398 g/mol. The fourth-order valence-electron chi connectivity index (χ4n) is 2.47. The van der Waals surface area contributed by atoms with Gasteiger partial charge in [0.1, 0.15) is 0 Å². The number of carboxylic acids is 1. The highest BCUT2D eigenvalue weighted by molar-refractivity contribution is 7.92. The van der Waals surface area contributed by atoms with Gasteiger partial charge in [0.25, 0.3) is 10.0 Å². The molecule has 3 aromatic rings. The molecule has 0 heterocycles. The van der Waals surface area contributed by atoms with E-state index >= 15 is 0 Å². The summed E-state index contributed by atoms with van der Waals surface area (Å²) in [6.07, 6.45) is 3.88. The Morgan fingerprint density at radius 3 is 2.11 bits per heavy atom. The van der Waals surface area contributed by atoms with Gasteiger partial charge in [-0.15, -0.1) is 0 Å². The maximum absolute atomic E-state index is 12.5.